The standard InChI is InChI=1S/C18H14O3/c1-11-9-15-16(20-11)8-7-13-14(10-17(19)21-18(13)15)12-5-3-2-4-6-12/h2-8,10-11H,9H2,1H3/t11-/m1/s1. The molecule has 1 aliphatic rings. The van der Waals surface area contributed by atoms with Gasteiger partial charge in [0.25, 0.3) is 0 Å². The smallest absolute Gasteiger partial charge is 0.336 e. The van der Waals surface area contributed by atoms with E-state index in [0.717, 1.165) is 34.2 Å². The highest BCUT2D eigenvalue weighted by Gasteiger charge is 2.24. The second-order valence-electron chi connectivity index (χ2n) is 5.40. The van der Waals surface area contributed by atoms with Gasteiger partial charge in [-0.3, -0.25) is 0 Å². The largest absolute Gasteiger partial charge is 0.490 e. The van der Waals surface area contributed by atoms with Crippen LogP contribution in [0.3, 0.4) is 0 Å². The summed E-state index contributed by atoms with van der Waals surface area (Å²) in [6, 6.07) is 15.4. The predicted molar refractivity (Wildman–Crippen MR) is 81.7 cm³/mol. The molecule has 0 fully saturated rings. The van der Waals surface area contributed by atoms with E-state index in [-0.39, 0.29) is 11.7 Å². The summed E-state index contributed by atoms with van der Waals surface area (Å²) >= 11 is 0. The quantitative estimate of drug-likeness (QED) is 0.636. The third kappa shape index (κ3) is 1.93. The van der Waals surface area contributed by atoms with Gasteiger partial charge in [-0.2, -0.15) is 0 Å². The lowest BCUT2D eigenvalue weighted by molar-refractivity contribution is 0.254. The SMILES string of the molecule is C[C@@H]1Cc2c(ccc3c(-c4ccccc4)cc(=O)oc23)O1. The second-order valence-corrected chi connectivity index (χ2v) is 5.40. The van der Waals surface area contributed by atoms with Crippen molar-refractivity contribution in [2.24, 2.45) is 0 Å². The van der Waals surface area contributed by atoms with Crippen molar-refractivity contribution >= 4 is 11.0 Å². The Morgan fingerprint density at radius 3 is 2.71 bits per heavy atom. The molecule has 104 valence electrons. The van der Waals surface area contributed by atoms with Gasteiger partial charge in [0.2, 0.25) is 0 Å². The van der Waals surface area contributed by atoms with Gasteiger partial charge in [0.15, 0.2) is 0 Å². The molecule has 4 rings (SSSR count). The third-order valence-electron chi connectivity index (χ3n) is 3.88. The summed E-state index contributed by atoms with van der Waals surface area (Å²) in [5.41, 5.74) is 3.25. The van der Waals surface area contributed by atoms with Crippen LogP contribution in [0.25, 0.3) is 22.1 Å². The van der Waals surface area contributed by atoms with Crippen molar-refractivity contribution in [3.05, 3.63) is 64.5 Å². The number of ether oxygens (including phenoxy) is 1. The molecule has 0 amide bonds. The molecule has 0 saturated heterocycles. The number of hydrogen-bond acceptors (Lipinski definition) is 3. The van der Waals surface area contributed by atoms with Gasteiger partial charge in [-0.15, -0.1) is 0 Å². The predicted octanol–water partition coefficient (Wildman–Crippen LogP) is 3.78. The lowest BCUT2D eigenvalue weighted by atomic mass is 9.99. The van der Waals surface area contributed by atoms with Crippen LogP contribution in [0.4, 0.5) is 0 Å². The Hall–Kier alpha value is -2.55. The molecule has 0 saturated carbocycles. The highest BCUT2D eigenvalue weighted by Crippen LogP contribution is 2.37. The molecular formula is C18H14O3. The summed E-state index contributed by atoms with van der Waals surface area (Å²) in [5, 5.41) is 0.956. The summed E-state index contributed by atoms with van der Waals surface area (Å²) in [7, 11) is 0. The Kier molecular flexibility index (Phi) is 2.61. The van der Waals surface area contributed by atoms with Crippen molar-refractivity contribution in [3.8, 4) is 16.9 Å². The van der Waals surface area contributed by atoms with E-state index in [0.29, 0.717) is 5.58 Å². The molecule has 3 aromatic rings. The lowest BCUT2D eigenvalue weighted by Gasteiger charge is -2.08. The van der Waals surface area contributed by atoms with Crippen LogP contribution in [0.15, 0.2) is 57.7 Å². The Bertz CT molecular complexity index is 878. The van der Waals surface area contributed by atoms with Crippen molar-refractivity contribution in [1.82, 2.24) is 0 Å². The Morgan fingerprint density at radius 1 is 1.10 bits per heavy atom. The highest BCUT2D eigenvalue weighted by molar-refractivity contribution is 5.95. The molecular weight excluding hydrogens is 264 g/mol. The first-order valence-electron chi connectivity index (χ1n) is 7.04. The zero-order chi connectivity index (χ0) is 14.4. The van der Waals surface area contributed by atoms with Crippen molar-refractivity contribution in [2.45, 2.75) is 19.4 Å². The van der Waals surface area contributed by atoms with Crippen LogP contribution in [-0.2, 0) is 6.42 Å². The molecule has 2 heterocycles. The molecule has 3 heteroatoms. The molecule has 0 radical (unpaired) electrons. The van der Waals surface area contributed by atoms with Gasteiger partial charge in [-0.05, 0) is 30.2 Å². The molecule has 0 bridgehead atoms. The number of hydrogen-bond donors (Lipinski definition) is 0. The average Bonchev–Trinajstić information content (AvgIpc) is 2.88. The number of benzene rings is 2. The minimum absolute atomic E-state index is 0.122. The molecule has 0 aliphatic carbocycles. The topological polar surface area (TPSA) is 39.4 Å². The van der Waals surface area contributed by atoms with Gasteiger partial charge in [0.1, 0.15) is 17.4 Å². The summed E-state index contributed by atoms with van der Waals surface area (Å²) in [6.07, 6.45) is 0.893. The average molecular weight is 278 g/mol. The van der Waals surface area contributed by atoms with Crippen LogP contribution in [0.2, 0.25) is 0 Å². The summed E-state index contributed by atoms with van der Waals surface area (Å²) in [4.78, 5) is 12.0. The van der Waals surface area contributed by atoms with Gasteiger partial charge in [-0.25, -0.2) is 4.79 Å². The Labute approximate surface area is 121 Å². The molecule has 1 aromatic heterocycles. The third-order valence-corrected chi connectivity index (χ3v) is 3.88. The summed E-state index contributed by atoms with van der Waals surface area (Å²) < 4.78 is 11.2. The molecule has 21 heavy (non-hydrogen) atoms. The van der Waals surface area contributed by atoms with Gasteiger partial charge < -0.3 is 9.15 Å². The molecule has 0 N–H and O–H groups in total. The van der Waals surface area contributed by atoms with Crippen LogP contribution in [0.5, 0.6) is 5.75 Å². The van der Waals surface area contributed by atoms with Gasteiger partial charge in [0.05, 0.1) is 0 Å². The fourth-order valence-electron chi connectivity index (χ4n) is 2.97. The van der Waals surface area contributed by atoms with Crippen molar-refractivity contribution < 1.29 is 9.15 Å². The van der Waals surface area contributed by atoms with E-state index in [4.69, 9.17) is 9.15 Å². The lowest BCUT2D eigenvalue weighted by Crippen LogP contribution is -2.05. The maximum Gasteiger partial charge on any atom is 0.336 e. The van der Waals surface area contributed by atoms with E-state index >= 15 is 0 Å². The maximum absolute atomic E-state index is 12.0. The van der Waals surface area contributed by atoms with Gasteiger partial charge in [-0.1, -0.05) is 30.3 Å². The van der Waals surface area contributed by atoms with E-state index in [2.05, 4.69) is 0 Å². The minimum atomic E-state index is -0.325. The Morgan fingerprint density at radius 2 is 1.90 bits per heavy atom. The first-order valence-corrected chi connectivity index (χ1v) is 7.04. The van der Waals surface area contributed by atoms with Crippen LogP contribution in [0, 0.1) is 0 Å². The van der Waals surface area contributed by atoms with E-state index in [1.165, 1.54) is 0 Å². The van der Waals surface area contributed by atoms with E-state index < -0.39 is 0 Å². The molecule has 0 spiro atoms. The number of rotatable bonds is 1. The first-order chi connectivity index (χ1) is 10.2. The highest BCUT2D eigenvalue weighted by atomic mass is 16.5. The molecule has 2 aromatic carbocycles. The van der Waals surface area contributed by atoms with Gasteiger partial charge >= 0.3 is 5.63 Å². The second kappa shape index (κ2) is 4.48. The first kappa shape index (κ1) is 12.2. The van der Waals surface area contributed by atoms with Crippen molar-refractivity contribution in [3.63, 3.8) is 0 Å². The van der Waals surface area contributed by atoms with Crippen LogP contribution in [-0.4, -0.2) is 6.10 Å². The van der Waals surface area contributed by atoms with Crippen LogP contribution in [0.1, 0.15) is 12.5 Å². The minimum Gasteiger partial charge on any atom is -0.490 e. The molecule has 3 nitrogen and oxygen atoms in total. The monoisotopic (exact) mass is 278 g/mol. The van der Waals surface area contributed by atoms with Crippen LogP contribution < -0.4 is 10.4 Å². The summed E-state index contributed by atoms with van der Waals surface area (Å²) in [6.45, 7) is 2.02. The molecule has 1 atom stereocenters. The van der Waals surface area contributed by atoms with E-state index in [1.54, 1.807) is 6.07 Å². The van der Waals surface area contributed by atoms with Crippen LogP contribution >= 0.6 is 0 Å². The Balaban J connectivity index is 2.06. The molecule has 0 unspecified atom stereocenters. The van der Waals surface area contributed by atoms with Crippen molar-refractivity contribution in [1.29, 1.82) is 0 Å². The fraction of sp³-hybridized carbons (Fsp3) is 0.167. The fourth-order valence-corrected chi connectivity index (χ4v) is 2.97. The summed E-state index contributed by atoms with van der Waals surface area (Å²) in [5.74, 6) is 0.823. The number of fused-ring (bicyclic) bond motifs is 3. The maximum atomic E-state index is 12.0. The molecule has 1 aliphatic heterocycles. The zero-order valence-corrected chi connectivity index (χ0v) is 11.6. The normalized spacial score (nSPS) is 16.7. The van der Waals surface area contributed by atoms with E-state index in [9.17, 15) is 4.79 Å². The van der Waals surface area contributed by atoms with Crippen molar-refractivity contribution in [2.75, 3.05) is 0 Å². The van der Waals surface area contributed by atoms with Gasteiger partial charge in [0, 0.05) is 23.4 Å². The van der Waals surface area contributed by atoms with E-state index in [1.807, 2.05) is 49.4 Å². The zero-order valence-electron chi connectivity index (χ0n) is 11.6.